The molecule has 0 aromatic rings. The van der Waals surface area contributed by atoms with Crippen LogP contribution in [0.3, 0.4) is 0 Å². The number of rotatable bonds is 5. The monoisotopic (exact) mass is 262 g/mol. The lowest BCUT2D eigenvalue weighted by molar-refractivity contribution is -0.154. The molecule has 0 bridgehead atoms. The molecule has 3 heteroatoms. The van der Waals surface area contributed by atoms with Gasteiger partial charge in [0.1, 0.15) is 5.60 Å². The van der Waals surface area contributed by atoms with Crippen LogP contribution in [0.15, 0.2) is 12.2 Å². The minimum Gasteiger partial charge on any atom is -0.460 e. The van der Waals surface area contributed by atoms with E-state index in [1.807, 2.05) is 26.8 Å². The van der Waals surface area contributed by atoms with Gasteiger partial charge in [-0.1, -0.05) is 28.1 Å². The number of esters is 1. The molecule has 82 valence electrons. The van der Waals surface area contributed by atoms with Gasteiger partial charge >= 0.3 is 5.97 Å². The molecule has 0 aliphatic heterocycles. The molecule has 0 atom stereocenters. The SMILES string of the molecule is CC(C)(C)OC(=O)CCC/C=C\CBr. The fraction of sp³-hybridized carbons (Fsp3) is 0.727. The van der Waals surface area contributed by atoms with Gasteiger partial charge in [-0.05, 0) is 33.6 Å². The summed E-state index contributed by atoms with van der Waals surface area (Å²) in [7, 11) is 0. The Kier molecular flexibility index (Phi) is 6.89. The van der Waals surface area contributed by atoms with Crippen LogP contribution in [0.2, 0.25) is 0 Å². The smallest absolute Gasteiger partial charge is 0.306 e. The molecule has 0 saturated heterocycles. The maximum atomic E-state index is 11.2. The zero-order valence-electron chi connectivity index (χ0n) is 9.18. The van der Waals surface area contributed by atoms with Gasteiger partial charge in [-0.3, -0.25) is 4.79 Å². The molecule has 0 radical (unpaired) electrons. The van der Waals surface area contributed by atoms with Crippen LogP contribution in [-0.2, 0) is 9.53 Å². The minimum atomic E-state index is -0.358. The number of allylic oxidation sites excluding steroid dienone is 2. The predicted molar refractivity (Wildman–Crippen MR) is 62.6 cm³/mol. The summed E-state index contributed by atoms with van der Waals surface area (Å²) in [5.74, 6) is -0.107. The number of halogens is 1. The van der Waals surface area contributed by atoms with Gasteiger partial charge in [0.15, 0.2) is 0 Å². The van der Waals surface area contributed by atoms with Crippen molar-refractivity contribution in [3.8, 4) is 0 Å². The molecule has 0 unspecified atom stereocenters. The number of unbranched alkanes of at least 4 members (excludes halogenated alkanes) is 1. The van der Waals surface area contributed by atoms with E-state index in [1.54, 1.807) is 0 Å². The van der Waals surface area contributed by atoms with Crippen molar-refractivity contribution in [2.75, 3.05) is 5.33 Å². The van der Waals surface area contributed by atoms with Crippen LogP contribution < -0.4 is 0 Å². The number of carbonyl (C=O) groups excluding carboxylic acids is 1. The van der Waals surface area contributed by atoms with Gasteiger partial charge in [-0.25, -0.2) is 0 Å². The van der Waals surface area contributed by atoms with Crippen LogP contribution in [0, 0.1) is 0 Å². The summed E-state index contributed by atoms with van der Waals surface area (Å²) < 4.78 is 5.17. The molecule has 2 nitrogen and oxygen atoms in total. The number of carbonyl (C=O) groups is 1. The molecule has 0 aliphatic rings. The Morgan fingerprint density at radius 3 is 2.50 bits per heavy atom. The molecule has 0 amide bonds. The number of hydrogen-bond acceptors (Lipinski definition) is 2. The molecule has 0 saturated carbocycles. The van der Waals surface area contributed by atoms with Crippen LogP contribution in [0.25, 0.3) is 0 Å². The van der Waals surface area contributed by atoms with E-state index in [-0.39, 0.29) is 11.6 Å². The maximum absolute atomic E-state index is 11.2. The Morgan fingerprint density at radius 2 is 2.00 bits per heavy atom. The number of alkyl halides is 1. The topological polar surface area (TPSA) is 26.3 Å². The van der Waals surface area contributed by atoms with Crippen LogP contribution >= 0.6 is 15.9 Å². The average Bonchev–Trinajstić information content (AvgIpc) is 2.00. The van der Waals surface area contributed by atoms with Crippen LogP contribution in [0.5, 0.6) is 0 Å². The second-order valence-electron chi connectivity index (χ2n) is 4.10. The largest absolute Gasteiger partial charge is 0.460 e. The van der Waals surface area contributed by atoms with Gasteiger partial charge in [0, 0.05) is 11.8 Å². The van der Waals surface area contributed by atoms with Gasteiger partial charge in [-0.2, -0.15) is 0 Å². The van der Waals surface area contributed by atoms with E-state index in [2.05, 4.69) is 22.0 Å². The first-order valence-corrected chi connectivity index (χ1v) is 6.00. The van der Waals surface area contributed by atoms with Crippen molar-refractivity contribution in [2.45, 2.75) is 45.6 Å². The lowest BCUT2D eigenvalue weighted by Crippen LogP contribution is -2.23. The van der Waals surface area contributed by atoms with Crippen molar-refractivity contribution in [1.29, 1.82) is 0 Å². The predicted octanol–water partition coefficient (Wildman–Crippen LogP) is 3.45. The summed E-state index contributed by atoms with van der Waals surface area (Å²) in [6.45, 7) is 5.65. The zero-order valence-corrected chi connectivity index (χ0v) is 10.8. The standard InChI is InChI=1S/C11H19BrO2/c1-11(2,3)14-10(13)8-6-4-5-7-9-12/h5,7H,4,6,8-9H2,1-3H3/b7-5-. The fourth-order valence-corrected chi connectivity index (χ4v) is 1.20. The molecule has 0 N–H and O–H groups in total. The maximum Gasteiger partial charge on any atom is 0.306 e. The van der Waals surface area contributed by atoms with Crippen LogP contribution in [0.1, 0.15) is 40.0 Å². The lowest BCUT2D eigenvalue weighted by Gasteiger charge is -2.19. The Balaban J connectivity index is 3.50. The van der Waals surface area contributed by atoms with E-state index in [9.17, 15) is 4.79 Å². The average molecular weight is 263 g/mol. The minimum absolute atomic E-state index is 0.107. The summed E-state index contributed by atoms with van der Waals surface area (Å²) >= 11 is 3.29. The first-order valence-electron chi connectivity index (χ1n) is 4.88. The van der Waals surface area contributed by atoms with Gasteiger partial charge in [0.05, 0.1) is 0 Å². The van der Waals surface area contributed by atoms with Crippen molar-refractivity contribution >= 4 is 21.9 Å². The quantitative estimate of drug-likeness (QED) is 0.328. The van der Waals surface area contributed by atoms with Crippen molar-refractivity contribution in [3.05, 3.63) is 12.2 Å². The lowest BCUT2D eigenvalue weighted by atomic mass is 10.2. The van der Waals surface area contributed by atoms with E-state index in [1.165, 1.54) is 0 Å². The second kappa shape index (κ2) is 7.04. The van der Waals surface area contributed by atoms with Gasteiger partial charge in [0.2, 0.25) is 0 Å². The summed E-state index contributed by atoms with van der Waals surface area (Å²) in [5, 5.41) is 0.874. The fourth-order valence-electron chi connectivity index (χ4n) is 0.938. The van der Waals surface area contributed by atoms with E-state index < -0.39 is 0 Å². The van der Waals surface area contributed by atoms with E-state index in [4.69, 9.17) is 4.74 Å². The molecule has 0 spiro atoms. The molecule has 0 rings (SSSR count). The normalized spacial score (nSPS) is 12.0. The summed E-state index contributed by atoms with van der Waals surface area (Å²) in [5.41, 5.74) is -0.358. The van der Waals surface area contributed by atoms with E-state index in [0.717, 1.165) is 18.2 Å². The Morgan fingerprint density at radius 1 is 1.36 bits per heavy atom. The molecule has 0 fully saturated rings. The summed E-state index contributed by atoms with van der Waals surface area (Å²) in [6, 6.07) is 0. The first-order chi connectivity index (χ1) is 6.45. The highest BCUT2D eigenvalue weighted by Gasteiger charge is 2.15. The van der Waals surface area contributed by atoms with Gasteiger partial charge < -0.3 is 4.74 Å². The third-order valence-electron chi connectivity index (χ3n) is 1.43. The highest BCUT2D eigenvalue weighted by Crippen LogP contribution is 2.09. The molecular weight excluding hydrogens is 244 g/mol. The Bertz CT molecular complexity index is 192. The molecule has 14 heavy (non-hydrogen) atoms. The van der Waals surface area contributed by atoms with Crippen LogP contribution in [-0.4, -0.2) is 16.9 Å². The third-order valence-corrected chi connectivity index (χ3v) is 1.80. The molecule has 0 aliphatic carbocycles. The van der Waals surface area contributed by atoms with Crippen molar-refractivity contribution in [3.63, 3.8) is 0 Å². The van der Waals surface area contributed by atoms with E-state index >= 15 is 0 Å². The van der Waals surface area contributed by atoms with Crippen LogP contribution in [0.4, 0.5) is 0 Å². The van der Waals surface area contributed by atoms with Gasteiger partial charge in [-0.15, -0.1) is 0 Å². The van der Waals surface area contributed by atoms with Crippen molar-refractivity contribution in [2.24, 2.45) is 0 Å². The second-order valence-corrected chi connectivity index (χ2v) is 4.75. The summed E-state index contributed by atoms with van der Waals surface area (Å²) in [6.07, 6.45) is 6.40. The highest BCUT2D eigenvalue weighted by molar-refractivity contribution is 9.09. The highest BCUT2D eigenvalue weighted by atomic mass is 79.9. The van der Waals surface area contributed by atoms with Gasteiger partial charge in [0.25, 0.3) is 0 Å². The van der Waals surface area contributed by atoms with Crippen molar-refractivity contribution in [1.82, 2.24) is 0 Å². The van der Waals surface area contributed by atoms with Crippen molar-refractivity contribution < 1.29 is 9.53 Å². The number of hydrogen-bond donors (Lipinski definition) is 0. The number of ether oxygens (including phenoxy) is 1. The molecule has 0 aromatic heterocycles. The summed E-state index contributed by atoms with van der Waals surface area (Å²) in [4.78, 5) is 11.2. The molecule has 0 aromatic carbocycles. The molecular formula is C11H19BrO2. The zero-order chi connectivity index (χ0) is 11.0. The Hall–Kier alpha value is -0.310. The molecule has 0 heterocycles. The third kappa shape index (κ3) is 9.78. The first kappa shape index (κ1) is 13.7. The van der Waals surface area contributed by atoms with E-state index in [0.29, 0.717) is 6.42 Å². The Labute approximate surface area is 94.8 Å².